The Morgan fingerprint density at radius 2 is 0.825 bits per heavy atom. The van der Waals surface area contributed by atoms with E-state index >= 15 is 0 Å². The van der Waals surface area contributed by atoms with Gasteiger partial charge >= 0.3 is 0 Å². The minimum absolute atomic E-state index is 0.891. The summed E-state index contributed by atoms with van der Waals surface area (Å²) < 4.78 is 8.66. The lowest BCUT2D eigenvalue weighted by Crippen LogP contribution is -2.09. The van der Waals surface area contributed by atoms with E-state index in [1.165, 1.54) is 44.1 Å². The number of fused-ring (bicyclic) bond motifs is 6. The molecule has 0 bridgehead atoms. The fraction of sp³-hybridized carbons (Fsp3) is 0. The zero-order chi connectivity index (χ0) is 41.7. The first-order valence-corrected chi connectivity index (χ1v) is 21.5. The average molecular weight is 805 g/mol. The van der Waals surface area contributed by atoms with Crippen LogP contribution in [0, 0.1) is 0 Å². The molecule has 0 unspecified atom stereocenters. The average Bonchev–Trinajstić information content (AvgIpc) is 3.90. The Hall–Kier alpha value is -8.40. The standard InChI is InChI=1S/C60H40N2O/c1-4-16-47(17-5-1)61(48-18-6-2-7-19-48)50-22-14-15-43(37-50)41-27-29-42(30-28-41)51-34-31-44(38-54(51)46-33-36-60-56(40-46)53-24-11-13-26-59(53)63-60)45-32-35-58-55(39-45)52-23-10-12-25-57(52)62(58)49-20-8-3-9-21-49/h1-40H. The van der Waals surface area contributed by atoms with Crippen molar-refractivity contribution in [1.29, 1.82) is 0 Å². The third kappa shape index (κ3) is 6.46. The van der Waals surface area contributed by atoms with Gasteiger partial charge in [-0.1, -0.05) is 152 Å². The molecule has 3 heteroatoms. The normalized spacial score (nSPS) is 11.5. The molecular weight excluding hydrogens is 765 g/mol. The number of para-hydroxylation sites is 5. The van der Waals surface area contributed by atoms with Gasteiger partial charge in [0.05, 0.1) is 11.0 Å². The highest BCUT2D eigenvalue weighted by Crippen LogP contribution is 2.42. The molecule has 0 saturated carbocycles. The number of benzene rings is 10. The Labute approximate surface area is 366 Å². The molecule has 10 aromatic carbocycles. The second-order valence-corrected chi connectivity index (χ2v) is 16.1. The zero-order valence-corrected chi connectivity index (χ0v) is 34.4. The third-order valence-corrected chi connectivity index (χ3v) is 12.4. The van der Waals surface area contributed by atoms with Crippen LogP contribution in [-0.2, 0) is 0 Å². The molecule has 0 aliphatic rings. The van der Waals surface area contributed by atoms with Gasteiger partial charge in [0.2, 0.25) is 0 Å². The van der Waals surface area contributed by atoms with Crippen molar-refractivity contribution < 1.29 is 4.42 Å². The van der Waals surface area contributed by atoms with E-state index in [1.54, 1.807) is 0 Å². The monoisotopic (exact) mass is 804 g/mol. The van der Waals surface area contributed by atoms with E-state index in [4.69, 9.17) is 4.42 Å². The largest absolute Gasteiger partial charge is 0.456 e. The lowest BCUT2D eigenvalue weighted by molar-refractivity contribution is 0.669. The van der Waals surface area contributed by atoms with Crippen molar-refractivity contribution in [3.63, 3.8) is 0 Å². The number of furan rings is 1. The molecule has 0 spiro atoms. The van der Waals surface area contributed by atoms with E-state index in [0.717, 1.165) is 66.9 Å². The van der Waals surface area contributed by atoms with E-state index in [-0.39, 0.29) is 0 Å². The van der Waals surface area contributed by atoms with E-state index < -0.39 is 0 Å². The highest BCUT2D eigenvalue weighted by atomic mass is 16.3. The summed E-state index contributed by atoms with van der Waals surface area (Å²) in [5.41, 5.74) is 18.0. The van der Waals surface area contributed by atoms with Crippen LogP contribution in [0.25, 0.3) is 93.9 Å². The Morgan fingerprint density at radius 1 is 0.286 bits per heavy atom. The summed E-state index contributed by atoms with van der Waals surface area (Å²) in [6.07, 6.45) is 0. The van der Waals surface area contributed by atoms with Gasteiger partial charge in [-0.2, -0.15) is 0 Å². The Morgan fingerprint density at radius 3 is 1.60 bits per heavy atom. The van der Waals surface area contributed by atoms with E-state index in [0.29, 0.717) is 0 Å². The maximum Gasteiger partial charge on any atom is 0.135 e. The van der Waals surface area contributed by atoms with Crippen LogP contribution in [0.1, 0.15) is 0 Å². The smallest absolute Gasteiger partial charge is 0.135 e. The van der Waals surface area contributed by atoms with Crippen LogP contribution in [0.15, 0.2) is 247 Å². The van der Waals surface area contributed by atoms with Gasteiger partial charge in [0.1, 0.15) is 11.2 Å². The molecule has 0 amide bonds. The van der Waals surface area contributed by atoms with Crippen molar-refractivity contribution in [1.82, 2.24) is 4.57 Å². The van der Waals surface area contributed by atoms with Crippen LogP contribution in [0.5, 0.6) is 0 Å². The van der Waals surface area contributed by atoms with Gasteiger partial charge < -0.3 is 13.9 Å². The van der Waals surface area contributed by atoms with Gasteiger partial charge in [-0.05, 0) is 136 Å². The summed E-state index contributed by atoms with van der Waals surface area (Å²) in [5, 5.41) is 4.71. The zero-order valence-electron chi connectivity index (χ0n) is 34.4. The number of rotatable bonds is 8. The molecule has 0 atom stereocenters. The molecular formula is C60H40N2O. The molecule has 0 aliphatic heterocycles. The molecule has 3 nitrogen and oxygen atoms in total. The van der Waals surface area contributed by atoms with Crippen LogP contribution in [0.2, 0.25) is 0 Å². The van der Waals surface area contributed by atoms with Gasteiger partial charge in [0.15, 0.2) is 0 Å². The predicted molar refractivity (Wildman–Crippen MR) is 264 cm³/mol. The third-order valence-electron chi connectivity index (χ3n) is 12.4. The van der Waals surface area contributed by atoms with Gasteiger partial charge in [-0.3, -0.25) is 0 Å². The van der Waals surface area contributed by atoms with E-state index in [9.17, 15) is 0 Å². The number of nitrogens with zero attached hydrogens (tertiary/aromatic N) is 2. The maximum absolute atomic E-state index is 6.28. The first kappa shape index (κ1) is 36.5. The second-order valence-electron chi connectivity index (χ2n) is 16.1. The van der Waals surface area contributed by atoms with Gasteiger partial charge in [0.25, 0.3) is 0 Å². The van der Waals surface area contributed by atoms with E-state index in [1.807, 2.05) is 12.1 Å². The Kier molecular flexibility index (Phi) is 8.83. The van der Waals surface area contributed by atoms with Crippen molar-refractivity contribution in [2.45, 2.75) is 0 Å². The molecule has 2 aromatic heterocycles. The van der Waals surface area contributed by atoms with Crippen molar-refractivity contribution in [2.75, 3.05) is 4.90 Å². The number of hydrogen-bond donors (Lipinski definition) is 0. The first-order valence-electron chi connectivity index (χ1n) is 21.5. The molecule has 2 heterocycles. The number of aromatic nitrogens is 1. The van der Waals surface area contributed by atoms with Gasteiger partial charge in [-0.25, -0.2) is 0 Å². The lowest BCUT2D eigenvalue weighted by Gasteiger charge is -2.26. The molecule has 0 aliphatic carbocycles. The van der Waals surface area contributed by atoms with Crippen LogP contribution in [-0.4, -0.2) is 4.57 Å². The second kappa shape index (κ2) is 15.3. The molecule has 12 rings (SSSR count). The van der Waals surface area contributed by atoms with Crippen molar-refractivity contribution in [3.05, 3.63) is 243 Å². The molecule has 0 fully saturated rings. The first-order chi connectivity index (χ1) is 31.2. The molecule has 0 saturated heterocycles. The molecule has 63 heavy (non-hydrogen) atoms. The SMILES string of the molecule is c1ccc(N(c2ccccc2)c2cccc(-c3ccc(-c4ccc(-c5ccc6c(c5)c5ccccc5n6-c5ccccc5)cc4-c4ccc5oc6ccccc6c5c4)cc3)c2)cc1. The van der Waals surface area contributed by atoms with Gasteiger partial charge in [0, 0.05) is 44.3 Å². The minimum atomic E-state index is 0.891. The summed E-state index contributed by atoms with van der Waals surface area (Å²) in [6.45, 7) is 0. The highest BCUT2D eigenvalue weighted by molar-refractivity contribution is 6.11. The van der Waals surface area contributed by atoms with Crippen molar-refractivity contribution >= 4 is 60.8 Å². The predicted octanol–water partition coefficient (Wildman–Crippen LogP) is 16.8. The summed E-state index contributed by atoms with van der Waals surface area (Å²) >= 11 is 0. The van der Waals surface area contributed by atoms with Crippen LogP contribution in [0.4, 0.5) is 17.1 Å². The quantitative estimate of drug-likeness (QED) is 0.153. The molecule has 0 radical (unpaired) electrons. The summed E-state index contributed by atoms with van der Waals surface area (Å²) in [5.74, 6) is 0. The fourth-order valence-electron chi connectivity index (χ4n) is 9.38. The fourth-order valence-corrected chi connectivity index (χ4v) is 9.38. The number of hydrogen-bond acceptors (Lipinski definition) is 2. The van der Waals surface area contributed by atoms with Crippen molar-refractivity contribution in [2.24, 2.45) is 0 Å². The van der Waals surface area contributed by atoms with Gasteiger partial charge in [-0.15, -0.1) is 0 Å². The number of anilines is 3. The van der Waals surface area contributed by atoms with Crippen LogP contribution in [0.3, 0.4) is 0 Å². The summed E-state index contributed by atoms with van der Waals surface area (Å²) in [7, 11) is 0. The van der Waals surface area contributed by atoms with Crippen LogP contribution >= 0.6 is 0 Å². The molecule has 0 N–H and O–H groups in total. The summed E-state index contributed by atoms with van der Waals surface area (Å²) in [6, 6.07) is 87.2. The molecule has 12 aromatic rings. The lowest BCUT2D eigenvalue weighted by atomic mass is 9.89. The molecule has 296 valence electrons. The summed E-state index contributed by atoms with van der Waals surface area (Å²) in [4.78, 5) is 2.31. The van der Waals surface area contributed by atoms with Crippen molar-refractivity contribution in [3.8, 4) is 50.2 Å². The van der Waals surface area contributed by atoms with E-state index in [2.05, 4.69) is 240 Å². The maximum atomic E-state index is 6.28. The van der Waals surface area contributed by atoms with Crippen LogP contribution < -0.4 is 4.90 Å². The Balaban J connectivity index is 0.970. The Bertz CT molecular complexity index is 3560. The highest BCUT2D eigenvalue weighted by Gasteiger charge is 2.17. The minimum Gasteiger partial charge on any atom is -0.456 e. The topological polar surface area (TPSA) is 21.3 Å².